The van der Waals surface area contributed by atoms with Crippen molar-refractivity contribution in [3.8, 4) is 0 Å². The molecule has 0 spiro atoms. The van der Waals surface area contributed by atoms with E-state index in [-0.39, 0.29) is 26.4 Å². The van der Waals surface area contributed by atoms with Crippen LogP contribution < -0.4 is 0 Å². The van der Waals surface area contributed by atoms with E-state index in [0.717, 1.165) is 0 Å². The van der Waals surface area contributed by atoms with E-state index in [1.54, 1.807) is 14.0 Å². The van der Waals surface area contributed by atoms with Gasteiger partial charge in [-0.2, -0.15) is 0 Å². The Morgan fingerprint density at radius 3 is 1.25 bits per heavy atom. The highest BCUT2D eigenvalue weighted by atomic mass is 16.5. The van der Waals surface area contributed by atoms with E-state index in [1.165, 1.54) is 0 Å². The molecule has 78 valence electrons. The highest BCUT2D eigenvalue weighted by Crippen LogP contribution is 1.56. The third kappa shape index (κ3) is 96.8. The minimum absolute atomic E-state index is 0.122. The van der Waals surface area contributed by atoms with Crippen LogP contribution in [0.1, 0.15) is 6.92 Å². The van der Waals surface area contributed by atoms with E-state index < -0.39 is 0 Å². The van der Waals surface area contributed by atoms with Gasteiger partial charge in [0.05, 0.1) is 26.4 Å². The van der Waals surface area contributed by atoms with Gasteiger partial charge < -0.3 is 25.2 Å². The molecule has 0 rings (SSSR count). The average Bonchev–Trinajstić information content (AvgIpc) is 2.08. The lowest BCUT2D eigenvalue weighted by Gasteiger charge is -1.84. The number of hydrogen-bond donors (Lipinski definition) is 4. The van der Waals surface area contributed by atoms with Crippen LogP contribution in [-0.2, 0) is 4.74 Å². The molecular formula is C7H20O5. The predicted molar refractivity (Wildman–Crippen MR) is 45.9 cm³/mol. The summed E-state index contributed by atoms with van der Waals surface area (Å²) in [7, 11) is 1.55. The number of aliphatic hydroxyl groups is 4. The maximum atomic E-state index is 7.94. The zero-order valence-corrected chi connectivity index (χ0v) is 7.73. The van der Waals surface area contributed by atoms with E-state index in [9.17, 15) is 0 Å². The van der Waals surface area contributed by atoms with Gasteiger partial charge in [0, 0.05) is 13.7 Å². The quantitative estimate of drug-likeness (QED) is 0.433. The molecule has 0 atom stereocenters. The maximum Gasteiger partial charge on any atom is 0.0693 e. The smallest absolute Gasteiger partial charge is 0.0693 e. The van der Waals surface area contributed by atoms with Gasteiger partial charge in [-0.3, -0.25) is 0 Å². The monoisotopic (exact) mass is 184 g/mol. The molecule has 0 radical (unpaired) electrons. The fourth-order valence-electron chi connectivity index (χ4n) is 0.0913. The molecule has 0 unspecified atom stereocenters. The standard InChI is InChI=1S/C3H8O2.C2H6O2.C2H6O/c1-5-3-2-4;3-1-2-4;1-2-3/h4H,2-3H2,1H3;3-4H,1-2H2;3H,2H2,1H3. The second-order valence-corrected chi connectivity index (χ2v) is 1.48. The molecule has 5 nitrogen and oxygen atoms in total. The molecule has 0 heterocycles. The normalized spacial score (nSPS) is 7.50. The van der Waals surface area contributed by atoms with Gasteiger partial charge in [0.15, 0.2) is 0 Å². The van der Waals surface area contributed by atoms with Crippen LogP contribution in [0, 0.1) is 0 Å². The highest BCUT2D eigenvalue weighted by Gasteiger charge is 1.67. The predicted octanol–water partition coefficient (Wildman–Crippen LogP) is -1.41. The first-order valence-electron chi connectivity index (χ1n) is 3.67. The van der Waals surface area contributed by atoms with E-state index in [4.69, 9.17) is 20.4 Å². The maximum absolute atomic E-state index is 7.94. The average molecular weight is 184 g/mol. The minimum atomic E-state index is -0.125. The van der Waals surface area contributed by atoms with Crippen LogP contribution in [0.4, 0.5) is 0 Å². The number of hydrogen-bond acceptors (Lipinski definition) is 5. The topological polar surface area (TPSA) is 90.2 Å². The molecule has 0 saturated carbocycles. The van der Waals surface area contributed by atoms with Gasteiger partial charge >= 0.3 is 0 Å². The third-order valence-corrected chi connectivity index (χ3v) is 0.395. The fraction of sp³-hybridized carbons (Fsp3) is 1.00. The zero-order chi connectivity index (χ0) is 10.2. The van der Waals surface area contributed by atoms with Gasteiger partial charge in [-0.1, -0.05) is 0 Å². The van der Waals surface area contributed by atoms with Crippen molar-refractivity contribution >= 4 is 0 Å². The summed E-state index contributed by atoms with van der Waals surface area (Å²) in [6.45, 7) is 2.25. The second-order valence-electron chi connectivity index (χ2n) is 1.48. The summed E-state index contributed by atoms with van der Waals surface area (Å²) in [6, 6.07) is 0. The third-order valence-electron chi connectivity index (χ3n) is 0.395. The molecule has 0 aliphatic carbocycles. The van der Waals surface area contributed by atoms with Gasteiger partial charge in [0.2, 0.25) is 0 Å². The molecule has 5 heteroatoms. The summed E-state index contributed by atoms with van der Waals surface area (Å²) in [4.78, 5) is 0. The molecule has 0 aliphatic heterocycles. The van der Waals surface area contributed by atoms with E-state index in [0.29, 0.717) is 6.61 Å². The van der Waals surface area contributed by atoms with E-state index in [2.05, 4.69) is 4.74 Å². The van der Waals surface area contributed by atoms with E-state index >= 15 is 0 Å². The largest absolute Gasteiger partial charge is 0.397 e. The van der Waals surface area contributed by atoms with Crippen LogP contribution in [0.2, 0.25) is 0 Å². The van der Waals surface area contributed by atoms with E-state index in [1.807, 2.05) is 0 Å². The summed E-state index contributed by atoms with van der Waals surface area (Å²) in [6.07, 6.45) is 0. The Hall–Kier alpha value is -0.200. The highest BCUT2D eigenvalue weighted by molar-refractivity contribution is 4.12. The lowest BCUT2D eigenvalue weighted by atomic mass is 10.8. The van der Waals surface area contributed by atoms with Crippen molar-refractivity contribution in [2.24, 2.45) is 0 Å². The number of ether oxygens (including phenoxy) is 1. The molecule has 12 heavy (non-hydrogen) atoms. The molecule has 0 saturated heterocycles. The van der Waals surface area contributed by atoms with Crippen molar-refractivity contribution in [3.05, 3.63) is 0 Å². The molecule has 0 aromatic carbocycles. The second kappa shape index (κ2) is 30.8. The summed E-state index contributed by atoms with van der Waals surface area (Å²) in [5.74, 6) is 0. The fourth-order valence-corrected chi connectivity index (χ4v) is 0.0913. The Labute approximate surface area is 73.2 Å². The number of aliphatic hydroxyl groups excluding tert-OH is 4. The van der Waals surface area contributed by atoms with Crippen LogP contribution in [-0.4, -0.2) is 60.6 Å². The van der Waals surface area contributed by atoms with Crippen molar-refractivity contribution in [2.45, 2.75) is 6.92 Å². The van der Waals surface area contributed by atoms with Crippen LogP contribution >= 0.6 is 0 Å². The Morgan fingerprint density at radius 1 is 0.917 bits per heavy atom. The minimum Gasteiger partial charge on any atom is -0.397 e. The molecule has 0 aromatic heterocycles. The van der Waals surface area contributed by atoms with Crippen LogP contribution in [0.25, 0.3) is 0 Å². The lowest BCUT2D eigenvalue weighted by molar-refractivity contribution is 0.135. The van der Waals surface area contributed by atoms with Crippen LogP contribution in [0.5, 0.6) is 0 Å². The van der Waals surface area contributed by atoms with Crippen LogP contribution in [0.15, 0.2) is 0 Å². The molecule has 0 aromatic rings. The summed E-state index contributed by atoms with van der Waals surface area (Å²) in [5.41, 5.74) is 0. The first-order valence-corrected chi connectivity index (χ1v) is 3.67. The molecule has 0 fully saturated rings. The summed E-state index contributed by atoms with van der Waals surface area (Å²) < 4.78 is 4.44. The lowest BCUT2D eigenvalue weighted by Crippen LogP contribution is -1.91. The molecule has 0 bridgehead atoms. The van der Waals surface area contributed by atoms with Gasteiger partial charge in [-0.15, -0.1) is 0 Å². The van der Waals surface area contributed by atoms with Crippen LogP contribution in [0.3, 0.4) is 0 Å². The van der Waals surface area contributed by atoms with Crippen molar-refractivity contribution in [2.75, 3.05) is 40.1 Å². The number of rotatable bonds is 3. The Bertz CT molecular complexity index is 38.8. The van der Waals surface area contributed by atoms with Gasteiger partial charge in [-0.25, -0.2) is 0 Å². The van der Waals surface area contributed by atoms with Gasteiger partial charge in [-0.05, 0) is 6.92 Å². The van der Waals surface area contributed by atoms with Crippen molar-refractivity contribution in [1.29, 1.82) is 0 Å². The molecule has 0 amide bonds. The SMILES string of the molecule is CCO.COCCO.OCCO. The Kier molecular flexibility index (Phi) is 45.7. The first kappa shape index (κ1) is 17.8. The van der Waals surface area contributed by atoms with Gasteiger partial charge in [0.25, 0.3) is 0 Å². The molecule has 0 aliphatic rings. The summed E-state index contributed by atoms with van der Waals surface area (Å²) in [5, 5.41) is 30.8. The molecule has 4 N–H and O–H groups in total. The van der Waals surface area contributed by atoms with Gasteiger partial charge in [0.1, 0.15) is 0 Å². The van der Waals surface area contributed by atoms with Crippen molar-refractivity contribution in [3.63, 3.8) is 0 Å². The molecular weight excluding hydrogens is 164 g/mol. The first-order chi connectivity index (χ1) is 5.74. The van der Waals surface area contributed by atoms with Crippen molar-refractivity contribution in [1.82, 2.24) is 0 Å². The van der Waals surface area contributed by atoms with Crippen molar-refractivity contribution < 1.29 is 25.2 Å². The Morgan fingerprint density at radius 2 is 1.25 bits per heavy atom. The summed E-state index contributed by atoms with van der Waals surface area (Å²) >= 11 is 0. The Balaban J connectivity index is -0.000000105. The number of methoxy groups -OCH3 is 1. The zero-order valence-electron chi connectivity index (χ0n) is 7.73.